The summed E-state index contributed by atoms with van der Waals surface area (Å²) in [5.41, 5.74) is 4.07. The van der Waals surface area contributed by atoms with E-state index in [1.165, 1.54) is 13.2 Å². The molecule has 0 spiro atoms. The van der Waals surface area contributed by atoms with Crippen molar-refractivity contribution in [3.05, 3.63) is 104 Å². The third kappa shape index (κ3) is 5.31. The Labute approximate surface area is 245 Å². The van der Waals surface area contributed by atoms with Crippen molar-refractivity contribution in [1.82, 2.24) is 5.32 Å². The van der Waals surface area contributed by atoms with Crippen LogP contribution in [0.5, 0.6) is 11.5 Å². The number of barbiturate groups is 1. The van der Waals surface area contributed by atoms with Gasteiger partial charge in [-0.25, -0.2) is 9.69 Å². The first kappa shape index (κ1) is 27.4. The second-order valence-electron chi connectivity index (χ2n) is 9.38. The molecule has 1 heterocycles. The summed E-state index contributed by atoms with van der Waals surface area (Å²) in [5, 5.41) is 4.54. The number of hydrogen-bond acceptors (Lipinski definition) is 5. The normalized spacial score (nSPS) is 14.6. The number of nitrogens with zero attached hydrogens (tertiary/aromatic N) is 1. The Bertz CT molecular complexity index is 1680. The van der Waals surface area contributed by atoms with Crippen LogP contribution in [0, 0.1) is 10.5 Å². The van der Waals surface area contributed by atoms with Crippen molar-refractivity contribution in [2.75, 3.05) is 12.0 Å². The van der Waals surface area contributed by atoms with Gasteiger partial charge in [0.2, 0.25) is 0 Å². The molecular weight excluding hydrogens is 619 g/mol. The molecule has 202 valence electrons. The summed E-state index contributed by atoms with van der Waals surface area (Å²) in [4.78, 5) is 39.6. The molecule has 1 fully saturated rings. The number of hydrogen-bond donors (Lipinski definition) is 1. The Morgan fingerprint density at radius 1 is 0.975 bits per heavy atom. The third-order valence-electron chi connectivity index (χ3n) is 6.90. The van der Waals surface area contributed by atoms with Crippen LogP contribution in [0.2, 0.25) is 0 Å². The maximum atomic E-state index is 13.3. The summed E-state index contributed by atoms with van der Waals surface area (Å²) in [7, 11) is 1.54. The Hall–Kier alpha value is -4.18. The summed E-state index contributed by atoms with van der Waals surface area (Å²) in [6, 6.07) is 22.2. The van der Waals surface area contributed by atoms with Crippen LogP contribution in [0.3, 0.4) is 0 Å². The van der Waals surface area contributed by atoms with E-state index < -0.39 is 17.8 Å². The fourth-order valence-electron chi connectivity index (χ4n) is 4.68. The number of ether oxygens (including phenoxy) is 2. The largest absolute Gasteiger partial charge is 0.493 e. The minimum atomic E-state index is -0.781. The molecule has 0 bridgehead atoms. The van der Waals surface area contributed by atoms with Gasteiger partial charge < -0.3 is 9.47 Å². The number of halogens is 1. The van der Waals surface area contributed by atoms with Crippen molar-refractivity contribution in [3.63, 3.8) is 0 Å². The molecule has 1 aliphatic rings. The van der Waals surface area contributed by atoms with E-state index in [1.54, 1.807) is 24.3 Å². The van der Waals surface area contributed by atoms with Crippen LogP contribution in [0.25, 0.3) is 16.8 Å². The minimum Gasteiger partial charge on any atom is -0.493 e. The van der Waals surface area contributed by atoms with Gasteiger partial charge >= 0.3 is 6.03 Å². The maximum Gasteiger partial charge on any atom is 0.335 e. The molecule has 1 saturated heterocycles. The average Bonchev–Trinajstić information content (AvgIpc) is 2.95. The third-order valence-corrected chi connectivity index (χ3v) is 7.70. The highest BCUT2D eigenvalue weighted by molar-refractivity contribution is 14.1. The summed E-state index contributed by atoms with van der Waals surface area (Å²) >= 11 is 2.15. The molecule has 40 heavy (non-hydrogen) atoms. The first-order valence-electron chi connectivity index (χ1n) is 12.8. The summed E-state index contributed by atoms with van der Waals surface area (Å²) < 4.78 is 12.7. The number of nitrogens with one attached hydrogen (secondary N) is 1. The highest BCUT2D eigenvalue weighted by Gasteiger charge is 2.36. The molecule has 0 atom stereocenters. The van der Waals surface area contributed by atoms with Crippen LogP contribution in [-0.4, -0.2) is 25.0 Å². The van der Waals surface area contributed by atoms with Gasteiger partial charge in [-0.05, 0) is 93.7 Å². The van der Waals surface area contributed by atoms with E-state index >= 15 is 0 Å². The number of carbonyl (C=O) groups is 3. The van der Waals surface area contributed by atoms with E-state index in [9.17, 15) is 14.4 Å². The highest BCUT2D eigenvalue weighted by atomic mass is 127. The van der Waals surface area contributed by atoms with Crippen molar-refractivity contribution in [3.8, 4) is 11.5 Å². The molecule has 0 radical (unpaired) electrons. The number of rotatable bonds is 7. The van der Waals surface area contributed by atoms with E-state index in [-0.39, 0.29) is 5.57 Å². The van der Waals surface area contributed by atoms with Gasteiger partial charge in [-0.1, -0.05) is 55.5 Å². The van der Waals surface area contributed by atoms with Crippen LogP contribution in [0.4, 0.5) is 10.5 Å². The van der Waals surface area contributed by atoms with Gasteiger partial charge in [-0.3, -0.25) is 14.9 Å². The fraction of sp³-hybridized carbons (Fsp3) is 0.156. The predicted octanol–water partition coefficient (Wildman–Crippen LogP) is 6.57. The molecule has 4 amide bonds. The molecule has 0 aliphatic carbocycles. The average molecular weight is 646 g/mol. The number of fused-ring (bicyclic) bond motifs is 1. The van der Waals surface area contributed by atoms with Gasteiger partial charge in [-0.2, -0.15) is 0 Å². The fourth-order valence-corrected chi connectivity index (χ4v) is 5.46. The van der Waals surface area contributed by atoms with Gasteiger partial charge in [0.15, 0.2) is 11.5 Å². The molecule has 8 heteroatoms. The Morgan fingerprint density at radius 2 is 1.73 bits per heavy atom. The second kappa shape index (κ2) is 11.5. The molecule has 0 unspecified atom stereocenters. The Kier molecular flexibility index (Phi) is 7.88. The van der Waals surface area contributed by atoms with Crippen molar-refractivity contribution >= 4 is 63.0 Å². The predicted molar refractivity (Wildman–Crippen MR) is 164 cm³/mol. The minimum absolute atomic E-state index is 0.155. The van der Waals surface area contributed by atoms with Crippen molar-refractivity contribution in [2.24, 2.45) is 0 Å². The summed E-state index contributed by atoms with van der Waals surface area (Å²) in [5.74, 6) is -0.427. The van der Waals surface area contributed by atoms with E-state index in [4.69, 9.17) is 9.47 Å². The van der Waals surface area contributed by atoms with E-state index in [0.29, 0.717) is 29.4 Å². The monoisotopic (exact) mass is 646 g/mol. The molecule has 0 aromatic heterocycles. The second-order valence-corrected chi connectivity index (χ2v) is 10.5. The number of urea groups is 1. The molecule has 1 aliphatic heterocycles. The van der Waals surface area contributed by atoms with E-state index in [0.717, 1.165) is 42.4 Å². The summed E-state index contributed by atoms with van der Waals surface area (Å²) in [6.45, 7) is 4.42. The lowest BCUT2D eigenvalue weighted by atomic mass is 10.0. The number of amides is 4. The Morgan fingerprint density at radius 3 is 2.45 bits per heavy atom. The number of aryl methyl sites for hydroxylation is 2. The quantitative estimate of drug-likeness (QED) is 0.140. The molecule has 1 N–H and O–H groups in total. The zero-order chi connectivity index (χ0) is 28.4. The van der Waals surface area contributed by atoms with E-state index in [1.807, 2.05) is 31.2 Å². The van der Waals surface area contributed by atoms with Crippen molar-refractivity contribution in [2.45, 2.75) is 26.9 Å². The summed E-state index contributed by atoms with van der Waals surface area (Å²) in [6.07, 6.45) is 2.28. The molecular formula is C32H27IN2O5. The molecule has 5 rings (SSSR count). The lowest BCUT2D eigenvalue weighted by molar-refractivity contribution is -0.122. The van der Waals surface area contributed by atoms with Gasteiger partial charge in [0.05, 0.1) is 16.4 Å². The molecule has 4 aromatic carbocycles. The van der Waals surface area contributed by atoms with Crippen molar-refractivity contribution in [1.29, 1.82) is 0 Å². The molecule has 4 aromatic rings. The Balaban J connectivity index is 1.45. The number of benzene rings is 4. The van der Waals surface area contributed by atoms with Crippen LogP contribution in [0.15, 0.2) is 78.4 Å². The topological polar surface area (TPSA) is 84.9 Å². The van der Waals surface area contributed by atoms with Gasteiger partial charge in [0.25, 0.3) is 11.8 Å². The highest BCUT2D eigenvalue weighted by Crippen LogP contribution is 2.36. The first-order chi connectivity index (χ1) is 19.3. The van der Waals surface area contributed by atoms with Gasteiger partial charge in [-0.15, -0.1) is 0 Å². The number of methoxy groups -OCH3 is 1. The number of anilines is 1. The first-order valence-corrected chi connectivity index (χ1v) is 13.9. The van der Waals surface area contributed by atoms with Crippen LogP contribution >= 0.6 is 22.6 Å². The lowest BCUT2D eigenvalue weighted by Gasteiger charge is -2.26. The van der Waals surface area contributed by atoms with E-state index in [2.05, 4.69) is 59.1 Å². The van der Waals surface area contributed by atoms with Gasteiger partial charge in [0.1, 0.15) is 12.2 Å². The van der Waals surface area contributed by atoms with Crippen molar-refractivity contribution < 1.29 is 23.9 Å². The maximum absolute atomic E-state index is 13.3. The molecule has 0 saturated carbocycles. The van der Waals surface area contributed by atoms with Gasteiger partial charge in [0, 0.05) is 5.56 Å². The zero-order valence-electron chi connectivity index (χ0n) is 22.3. The van der Waals surface area contributed by atoms with Crippen LogP contribution in [0.1, 0.15) is 29.2 Å². The standard InChI is InChI=1S/C32H27IN2O5/c1-4-20-10-13-23(14-11-20)35-31(37)25(30(36)34-32(35)38)15-21-16-27(33)29(28(17-21)39-3)40-18-26-19(2)9-12-22-7-5-6-8-24(22)26/h5-17H,4,18H2,1-3H3,(H,34,36,38)/b25-15+. The van der Waals surface area contributed by atoms with Crippen LogP contribution in [-0.2, 0) is 22.6 Å². The number of carbonyl (C=O) groups excluding carboxylic acids is 3. The SMILES string of the molecule is CCc1ccc(N2C(=O)NC(=O)/C(=C\c3cc(I)c(OCc4c(C)ccc5ccccc45)c(OC)c3)C2=O)cc1. The number of imide groups is 2. The zero-order valence-corrected chi connectivity index (χ0v) is 24.4. The van der Waals surface area contributed by atoms with Crippen LogP contribution < -0.4 is 19.7 Å². The molecule has 7 nitrogen and oxygen atoms in total. The lowest BCUT2D eigenvalue weighted by Crippen LogP contribution is -2.54. The smallest absolute Gasteiger partial charge is 0.335 e.